The number of hydrogen-bond acceptors (Lipinski definition) is 9. The fraction of sp³-hybridized carbons (Fsp3) is 0.250. The molecule has 12 heteroatoms. The van der Waals surface area contributed by atoms with Gasteiger partial charge >= 0.3 is 0 Å². The first-order valence-corrected chi connectivity index (χ1v) is 12.8. The molecule has 7 N–H and O–H groups in total. The third-order valence-corrected chi connectivity index (χ3v) is 8.53. The first-order chi connectivity index (χ1) is 18.7. The molecule has 0 heterocycles. The van der Waals surface area contributed by atoms with Crippen LogP contribution in [-0.4, -0.2) is 79.7 Å². The molecule has 0 saturated heterocycles. The van der Waals surface area contributed by atoms with Crippen LogP contribution in [0.1, 0.15) is 16.7 Å². The number of nitrogens with two attached hydrogens (primary N) is 1. The van der Waals surface area contributed by atoms with Crippen LogP contribution in [0.2, 0.25) is 10.0 Å². The summed E-state index contributed by atoms with van der Waals surface area (Å²) >= 11 is 12.3. The maximum atomic E-state index is 14.1. The maximum Gasteiger partial charge on any atom is 0.255 e. The van der Waals surface area contributed by atoms with Gasteiger partial charge in [-0.3, -0.25) is 19.3 Å². The van der Waals surface area contributed by atoms with E-state index in [1.54, 1.807) is 18.2 Å². The van der Waals surface area contributed by atoms with Gasteiger partial charge in [0.25, 0.3) is 5.91 Å². The van der Waals surface area contributed by atoms with E-state index < -0.39 is 75.5 Å². The predicted octanol–water partition coefficient (Wildman–Crippen LogP) is 2.24. The highest BCUT2D eigenvalue weighted by Gasteiger charge is 2.68. The van der Waals surface area contributed by atoms with Gasteiger partial charge in [0.1, 0.15) is 22.8 Å². The molecular formula is C28H24Cl2N2O8. The highest BCUT2D eigenvalue weighted by molar-refractivity contribution is 6.42. The van der Waals surface area contributed by atoms with E-state index in [9.17, 15) is 39.9 Å². The van der Waals surface area contributed by atoms with E-state index in [1.807, 2.05) is 0 Å². The number of fused-ring (bicyclic) bond motifs is 3. The molecule has 1 fully saturated rings. The first kappa shape index (κ1) is 27.9. The minimum Gasteiger partial charge on any atom is -0.508 e. The van der Waals surface area contributed by atoms with E-state index in [0.29, 0.717) is 5.56 Å². The van der Waals surface area contributed by atoms with Crippen molar-refractivity contribution in [3.8, 4) is 5.75 Å². The lowest BCUT2D eigenvalue weighted by atomic mass is 9.55. The monoisotopic (exact) mass is 586 g/mol. The van der Waals surface area contributed by atoms with E-state index in [-0.39, 0.29) is 26.7 Å². The Morgan fingerprint density at radius 3 is 2.35 bits per heavy atom. The molecule has 1 amide bonds. The Labute approximate surface area is 237 Å². The summed E-state index contributed by atoms with van der Waals surface area (Å²) in [7, 11) is 2.87. The second kappa shape index (κ2) is 9.46. The van der Waals surface area contributed by atoms with Gasteiger partial charge in [0.2, 0.25) is 5.78 Å². The van der Waals surface area contributed by atoms with E-state index in [1.165, 1.54) is 43.3 Å². The summed E-state index contributed by atoms with van der Waals surface area (Å²) in [5, 5.41) is 57.2. The molecule has 0 bridgehead atoms. The second-order valence-electron chi connectivity index (χ2n) is 10.2. The Hall–Kier alpha value is -3.67. The predicted molar refractivity (Wildman–Crippen MR) is 146 cm³/mol. The lowest BCUT2D eigenvalue weighted by Crippen LogP contribution is -2.70. The maximum absolute atomic E-state index is 14.1. The van der Waals surface area contributed by atoms with Crippen LogP contribution in [0.25, 0.3) is 17.4 Å². The molecule has 40 heavy (non-hydrogen) atoms. The third-order valence-electron chi connectivity index (χ3n) is 7.80. The minimum atomic E-state index is -3.01. The average molecular weight is 587 g/mol. The van der Waals surface area contributed by atoms with E-state index in [2.05, 4.69) is 0 Å². The Balaban J connectivity index is 1.86. The van der Waals surface area contributed by atoms with Gasteiger partial charge in [-0.1, -0.05) is 47.5 Å². The fourth-order valence-electron chi connectivity index (χ4n) is 6.09. The number of aliphatic hydroxyl groups excluding tert-OH is 3. The number of hydrogen-bond donors (Lipinski definition) is 6. The topological polar surface area (TPSA) is 182 Å². The number of amides is 1. The number of nitrogens with zero attached hydrogens (tertiary/aromatic N) is 1. The summed E-state index contributed by atoms with van der Waals surface area (Å²) in [5.41, 5.74) is 1.65. The lowest BCUT2D eigenvalue weighted by molar-refractivity contribution is -0.166. The van der Waals surface area contributed by atoms with Crippen molar-refractivity contribution in [2.45, 2.75) is 17.7 Å². The Morgan fingerprint density at radius 1 is 1.07 bits per heavy atom. The number of carbonyl (C=O) groups is 3. The second-order valence-corrected chi connectivity index (χ2v) is 11.0. The van der Waals surface area contributed by atoms with Gasteiger partial charge in [-0.2, -0.15) is 0 Å². The van der Waals surface area contributed by atoms with Gasteiger partial charge < -0.3 is 31.3 Å². The van der Waals surface area contributed by atoms with Crippen LogP contribution in [0, 0.1) is 11.8 Å². The smallest absolute Gasteiger partial charge is 0.255 e. The normalized spacial score (nSPS) is 29.0. The van der Waals surface area contributed by atoms with Crippen LogP contribution in [0.4, 0.5) is 0 Å². The van der Waals surface area contributed by atoms with Gasteiger partial charge in [0.15, 0.2) is 11.4 Å². The molecule has 0 radical (unpaired) electrons. The zero-order valence-electron chi connectivity index (χ0n) is 21.1. The number of halogens is 2. The van der Waals surface area contributed by atoms with Crippen LogP contribution in [0.15, 0.2) is 53.3 Å². The van der Waals surface area contributed by atoms with Crippen LogP contribution >= 0.6 is 23.2 Å². The largest absolute Gasteiger partial charge is 0.508 e. The summed E-state index contributed by atoms with van der Waals surface area (Å²) in [6.07, 6.45) is -0.213. The summed E-state index contributed by atoms with van der Waals surface area (Å²) in [6, 6.07) is 7.55. The number of aromatic hydroxyl groups is 1. The molecule has 5 rings (SSSR count). The molecular weight excluding hydrogens is 563 g/mol. The molecule has 0 aromatic heterocycles. The molecule has 3 aliphatic rings. The summed E-state index contributed by atoms with van der Waals surface area (Å²) in [5.74, 6) is -9.13. The van der Waals surface area contributed by atoms with Gasteiger partial charge in [-0.15, -0.1) is 0 Å². The van der Waals surface area contributed by atoms with Gasteiger partial charge in [-0.05, 0) is 49.0 Å². The van der Waals surface area contributed by atoms with E-state index >= 15 is 0 Å². The average Bonchev–Trinajstić information content (AvgIpc) is 2.87. The first-order valence-electron chi connectivity index (χ1n) is 12.0. The van der Waals surface area contributed by atoms with Crippen molar-refractivity contribution in [3.63, 3.8) is 0 Å². The van der Waals surface area contributed by atoms with Crippen molar-refractivity contribution in [1.82, 2.24) is 4.90 Å². The zero-order chi connectivity index (χ0) is 29.4. The van der Waals surface area contributed by atoms with Gasteiger partial charge in [-0.25, -0.2) is 0 Å². The van der Waals surface area contributed by atoms with Crippen molar-refractivity contribution in [3.05, 3.63) is 80.0 Å². The fourth-order valence-corrected chi connectivity index (χ4v) is 6.40. The van der Waals surface area contributed by atoms with Crippen molar-refractivity contribution in [2.75, 3.05) is 14.1 Å². The summed E-state index contributed by atoms with van der Waals surface area (Å²) < 4.78 is 0. The Kier molecular flexibility index (Phi) is 6.60. The van der Waals surface area contributed by atoms with E-state index in [0.717, 1.165) is 0 Å². The van der Waals surface area contributed by atoms with Gasteiger partial charge in [0, 0.05) is 5.92 Å². The molecule has 10 nitrogen and oxygen atoms in total. The highest BCUT2D eigenvalue weighted by atomic mass is 35.5. The molecule has 208 valence electrons. The number of phenols is 1. The van der Waals surface area contributed by atoms with E-state index in [4.69, 9.17) is 28.9 Å². The Morgan fingerprint density at radius 2 is 1.75 bits per heavy atom. The molecule has 0 unspecified atom stereocenters. The number of rotatable bonds is 3. The number of benzene rings is 2. The van der Waals surface area contributed by atoms with Crippen LogP contribution in [0.5, 0.6) is 5.75 Å². The number of carbonyl (C=O) groups excluding carboxylic acids is 3. The molecule has 0 aliphatic heterocycles. The zero-order valence-corrected chi connectivity index (χ0v) is 22.6. The number of Topliss-reactive ketones (excluding diaryl/α,β-unsaturated/α-hetero) is 2. The minimum absolute atomic E-state index is 0.155. The molecule has 3 aliphatic carbocycles. The molecule has 5 atom stereocenters. The third kappa shape index (κ3) is 3.71. The standard InChI is InChI=1S/C28H24Cl2N2O8/c1-32(2)21-20-23(35)17-12(8-10-6-7-13(29)14(30)9-10)11-4-3-5-15(33)16(11)22(34)18(17)25(37)28(20,40)26(38)19(24(21)36)27(31)39/h3-9,17,20-21,23,33-35,38,40H,1-2H3,(H2,31,39)/b12-8+/t17-,20+,21-,23-,28-/m0/s1. The number of likely N-dealkylation sites (N-methyl/N-ethyl adjacent to an activating group) is 1. The number of phenolic OH excluding ortho intramolecular Hbond substituents is 1. The summed E-state index contributed by atoms with van der Waals surface area (Å²) in [6.45, 7) is 0. The lowest BCUT2D eigenvalue weighted by Gasteiger charge is -2.53. The SMILES string of the molecule is CN(C)[C@@H]1C(=O)C(C(N)=O)=C(O)[C@@]2(O)C(=O)C3=C(O)c4c(O)cccc4/C(=C\c4ccc(Cl)c(Cl)c4)[C@@H]3[C@H](O)[C@@H]12. The van der Waals surface area contributed by atoms with Crippen molar-refractivity contribution >= 4 is 58.1 Å². The number of primary amides is 1. The van der Waals surface area contributed by atoms with Crippen LogP contribution in [-0.2, 0) is 14.4 Å². The van der Waals surface area contributed by atoms with Crippen LogP contribution in [0.3, 0.4) is 0 Å². The number of aliphatic hydroxyl groups is 4. The number of ketones is 2. The molecule has 2 aromatic rings. The van der Waals surface area contributed by atoms with Crippen LogP contribution < -0.4 is 5.73 Å². The van der Waals surface area contributed by atoms with Gasteiger partial charge in [0.05, 0.1) is 39.2 Å². The van der Waals surface area contributed by atoms with Crippen molar-refractivity contribution in [2.24, 2.45) is 17.6 Å². The van der Waals surface area contributed by atoms with Crippen molar-refractivity contribution in [1.29, 1.82) is 0 Å². The molecule has 2 aromatic carbocycles. The summed E-state index contributed by atoms with van der Waals surface area (Å²) in [4.78, 5) is 40.9. The Bertz CT molecular complexity index is 1610. The molecule has 1 saturated carbocycles. The quantitative estimate of drug-likeness (QED) is 0.294. The highest BCUT2D eigenvalue weighted by Crippen LogP contribution is 2.56. The molecule has 0 spiro atoms. The van der Waals surface area contributed by atoms with Crippen molar-refractivity contribution < 1.29 is 39.9 Å².